The van der Waals surface area contributed by atoms with E-state index in [4.69, 9.17) is 10.5 Å². The number of hydrogen-bond donors (Lipinski definition) is 2. The van der Waals surface area contributed by atoms with Crippen LogP contribution in [0, 0.1) is 0 Å². The Kier molecular flexibility index (Phi) is 2.48. The summed E-state index contributed by atoms with van der Waals surface area (Å²) in [4.78, 5) is 3.18. The van der Waals surface area contributed by atoms with Crippen molar-refractivity contribution in [1.29, 1.82) is 0 Å². The maximum atomic E-state index is 5.61. The number of aromatic amines is 1. The van der Waals surface area contributed by atoms with Crippen LogP contribution in [0.2, 0.25) is 0 Å². The molecule has 2 aromatic rings. The molecule has 0 radical (unpaired) electrons. The van der Waals surface area contributed by atoms with Gasteiger partial charge >= 0.3 is 0 Å². The maximum Gasteiger partial charge on any atom is 0.135 e. The molecule has 0 aliphatic heterocycles. The van der Waals surface area contributed by atoms with Gasteiger partial charge in [0.1, 0.15) is 5.75 Å². The summed E-state index contributed by atoms with van der Waals surface area (Å²) in [5.41, 5.74) is 7.76. The molecule has 4 heteroatoms. The summed E-state index contributed by atoms with van der Waals surface area (Å²) in [5, 5.41) is 1.14. The zero-order chi connectivity index (χ0) is 10.1. The molecule has 1 aromatic heterocycles. The van der Waals surface area contributed by atoms with Crippen molar-refractivity contribution in [3.05, 3.63) is 28.4 Å². The Morgan fingerprint density at radius 1 is 1.50 bits per heavy atom. The van der Waals surface area contributed by atoms with Gasteiger partial charge in [0.15, 0.2) is 0 Å². The highest BCUT2D eigenvalue weighted by atomic mass is 79.9. The van der Waals surface area contributed by atoms with E-state index in [0.29, 0.717) is 6.54 Å². The largest absolute Gasteiger partial charge is 0.495 e. The van der Waals surface area contributed by atoms with E-state index in [9.17, 15) is 0 Å². The van der Waals surface area contributed by atoms with Crippen LogP contribution in [-0.2, 0) is 6.54 Å². The zero-order valence-corrected chi connectivity index (χ0v) is 9.39. The van der Waals surface area contributed by atoms with Crippen LogP contribution in [0.4, 0.5) is 0 Å². The molecule has 0 saturated carbocycles. The minimum absolute atomic E-state index is 0.540. The van der Waals surface area contributed by atoms with Gasteiger partial charge in [0.05, 0.1) is 17.1 Å². The highest BCUT2D eigenvalue weighted by molar-refractivity contribution is 9.10. The van der Waals surface area contributed by atoms with Gasteiger partial charge in [-0.1, -0.05) is 0 Å². The lowest BCUT2D eigenvalue weighted by molar-refractivity contribution is 0.413. The highest BCUT2D eigenvalue weighted by Gasteiger charge is 2.09. The van der Waals surface area contributed by atoms with Gasteiger partial charge in [-0.25, -0.2) is 0 Å². The van der Waals surface area contributed by atoms with Gasteiger partial charge in [0, 0.05) is 18.1 Å². The van der Waals surface area contributed by atoms with E-state index in [1.807, 2.05) is 18.3 Å². The van der Waals surface area contributed by atoms with Crippen LogP contribution in [0.5, 0.6) is 5.75 Å². The van der Waals surface area contributed by atoms with Crippen molar-refractivity contribution in [2.24, 2.45) is 5.73 Å². The first-order valence-electron chi connectivity index (χ1n) is 4.30. The summed E-state index contributed by atoms with van der Waals surface area (Å²) in [6, 6.07) is 3.94. The Bertz CT molecular complexity index is 464. The van der Waals surface area contributed by atoms with E-state index in [0.717, 1.165) is 26.7 Å². The molecule has 14 heavy (non-hydrogen) atoms. The normalized spacial score (nSPS) is 10.8. The quantitative estimate of drug-likeness (QED) is 0.865. The predicted molar refractivity (Wildman–Crippen MR) is 60.4 cm³/mol. The fourth-order valence-electron chi connectivity index (χ4n) is 1.53. The average molecular weight is 255 g/mol. The second kappa shape index (κ2) is 3.63. The summed E-state index contributed by atoms with van der Waals surface area (Å²) >= 11 is 3.49. The summed E-state index contributed by atoms with van der Waals surface area (Å²) < 4.78 is 6.14. The molecule has 0 fully saturated rings. The third-order valence-electron chi connectivity index (χ3n) is 2.28. The number of halogens is 1. The van der Waals surface area contributed by atoms with Gasteiger partial charge in [-0.2, -0.15) is 0 Å². The minimum Gasteiger partial charge on any atom is -0.495 e. The molecule has 74 valence electrons. The van der Waals surface area contributed by atoms with E-state index >= 15 is 0 Å². The molecular weight excluding hydrogens is 244 g/mol. The fraction of sp³-hybridized carbons (Fsp3) is 0.200. The molecule has 3 N–H and O–H groups in total. The molecule has 0 atom stereocenters. The van der Waals surface area contributed by atoms with Crippen LogP contribution in [-0.4, -0.2) is 12.1 Å². The van der Waals surface area contributed by atoms with Crippen LogP contribution in [0.3, 0.4) is 0 Å². The van der Waals surface area contributed by atoms with E-state index < -0.39 is 0 Å². The third kappa shape index (κ3) is 1.31. The van der Waals surface area contributed by atoms with E-state index in [-0.39, 0.29) is 0 Å². The van der Waals surface area contributed by atoms with Crippen molar-refractivity contribution in [2.75, 3.05) is 7.11 Å². The van der Waals surface area contributed by atoms with Crippen molar-refractivity contribution in [3.8, 4) is 5.75 Å². The van der Waals surface area contributed by atoms with Gasteiger partial charge in [-0.05, 0) is 33.6 Å². The number of aromatic nitrogens is 1. The van der Waals surface area contributed by atoms with Crippen LogP contribution in [0.25, 0.3) is 10.9 Å². The fourth-order valence-corrected chi connectivity index (χ4v) is 2.15. The number of rotatable bonds is 2. The smallest absolute Gasteiger partial charge is 0.135 e. The number of hydrogen-bond acceptors (Lipinski definition) is 2. The van der Waals surface area contributed by atoms with Crippen LogP contribution >= 0.6 is 15.9 Å². The van der Waals surface area contributed by atoms with Crippen molar-refractivity contribution >= 4 is 26.8 Å². The summed E-state index contributed by atoms with van der Waals surface area (Å²) in [5.74, 6) is 0.822. The first-order chi connectivity index (χ1) is 6.77. The number of nitrogens with one attached hydrogen (secondary N) is 1. The van der Waals surface area contributed by atoms with Crippen molar-refractivity contribution in [1.82, 2.24) is 4.98 Å². The molecule has 0 saturated heterocycles. The van der Waals surface area contributed by atoms with E-state index in [1.165, 1.54) is 0 Å². The first kappa shape index (κ1) is 9.55. The van der Waals surface area contributed by atoms with Crippen LogP contribution < -0.4 is 10.5 Å². The van der Waals surface area contributed by atoms with Gasteiger partial charge in [-0.15, -0.1) is 0 Å². The summed E-state index contributed by atoms with van der Waals surface area (Å²) in [6.45, 7) is 0.540. The predicted octanol–water partition coefficient (Wildman–Crippen LogP) is 2.40. The second-order valence-corrected chi connectivity index (χ2v) is 3.82. The van der Waals surface area contributed by atoms with Crippen molar-refractivity contribution < 1.29 is 4.74 Å². The minimum atomic E-state index is 0.540. The molecule has 0 bridgehead atoms. The molecular formula is C10H11BrN2O. The van der Waals surface area contributed by atoms with Gasteiger partial charge < -0.3 is 15.5 Å². The van der Waals surface area contributed by atoms with Crippen molar-refractivity contribution in [2.45, 2.75) is 6.54 Å². The van der Waals surface area contributed by atoms with Crippen LogP contribution in [0.15, 0.2) is 22.8 Å². The molecule has 0 spiro atoms. The van der Waals surface area contributed by atoms with Gasteiger partial charge in [-0.3, -0.25) is 0 Å². The third-order valence-corrected chi connectivity index (χ3v) is 3.07. The Morgan fingerprint density at radius 2 is 2.29 bits per heavy atom. The zero-order valence-electron chi connectivity index (χ0n) is 7.80. The SMILES string of the molecule is COc1ccc2c(CN)c[nH]c2c1Br. The number of fused-ring (bicyclic) bond motifs is 1. The molecule has 2 rings (SSSR count). The lowest BCUT2D eigenvalue weighted by atomic mass is 10.2. The summed E-state index contributed by atoms with van der Waals surface area (Å²) in [7, 11) is 1.65. The Hall–Kier alpha value is -1.00. The average Bonchev–Trinajstić information content (AvgIpc) is 2.62. The maximum absolute atomic E-state index is 5.61. The first-order valence-corrected chi connectivity index (χ1v) is 5.09. The molecule has 1 heterocycles. The van der Waals surface area contributed by atoms with Gasteiger partial charge in [0.2, 0.25) is 0 Å². The van der Waals surface area contributed by atoms with Crippen LogP contribution in [0.1, 0.15) is 5.56 Å². The number of ether oxygens (including phenoxy) is 1. The molecule has 0 aliphatic rings. The van der Waals surface area contributed by atoms with E-state index in [1.54, 1.807) is 7.11 Å². The van der Waals surface area contributed by atoms with E-state index in [2.05, 4.69) is 20.9 Å². The molecule has 1 aromatic carbocycles. The molecule has 0 aliphatic carbocycles. The summed E-state index contributed by atoms with van der Waals surface area (Å²) in [6.07, 6.45) is 1.93. The Morgan fingerprint density at radius 3 is 2.93 bits per heavy atom. The number of methoxy groups -OCH3 is 1. The standard InChI is InChI=1S/C10H11BrN2O/c1-14-8-3-2-7-6(4-12)5-13-10(7)9(8)11/h2-3,5,13H,4,12H2,1H3. The molecule has 0 unspecified atom stereocenters. The Balaban J connectivity index is 2.72. The number of nitrogens with two attached hydrogens (primary N) is 1. The lowest BCUT2D eigenvalue weighted by Gasteiger charge is -2.03. The molecule has 0 amide bonds. The topological polar surface area (TPSA) is 51.0 Å². The second-order valence-electron chi connectivity index (χ2n) is 3.02. The van der Waals surface area contributed by atoms with Gasteiger partial charge in [0.25, 0.3) is 0 Å². The number of benzene rings is 1. The monoisotopic (exact) mass is 254 g/mol. The Labute approximate surface area is 90.4 Å². The number of H-pyrrole nitrogens is 1. The highest BCUT2D eigenvalue weighted by Crippen LogP contribution is 2.33. The van der Waals surface area contributed by atoms with Crippen molar-refractivity contribution in [3.63, 3.8) is 0 Å². The molecule has 3 nitrogen and oxygen atoms in total. The lowest BCUT2D eigenvalue weighted by Crippen LogP contribution is -1.94.